The number of nitro groups is 1. The Morgan fingerprint density at radius 3 is 2.86 bits per heavy atom. The van der Waals surface area contributed by atoms with E-state index in [-0.39, 0.29) is 11.5 Å². The van der Waals surface area contributed by atoms with Gasteiger partial charge in [0.1, 0.15) is 6.20 Å². The van der Waals surface area contributed by atoms with E-state index in [9.17, 15) is 10.1 Å². The van der Waals surface area contributed by atoms with E-state index < -0.39 is 4.92 Å². The fourth-order valence-electron chi connectivity index (χ4n) is 1.95. The third-order valence-corrected chi connectivity index (χ3v) is 2.98. The Labute approximate surface area is 122 Å². The summed E-state index contributed by atoms with van der Waals surface area (Å²) in [4.78, 5) is 18.4. The van der Waals surface area contributed by atoms with E-state index in [2.05, 4.69) is 26.7 Å². The molecule has 0 bridgehead atoms. The van der Waals surface area contributed by atoms with Gasteiger partial charge in [0.15, 0.2) is 0 Å². The number of aryl methyl sites for hydroxylation is 1. The highest BCUT2D eigenvalue weighted by Gasteiger charge is 2.16. The van der Waals surface area contributed by atoms with Crippen molar-refractivity contribution < 1.29 is 4.92 Å². The van der Waals surface area contributed by atoms with Crippen molar-refractivity contribution in [2.75, 3.05) is 24.2 Å². The molecule has 0 saturated carbocycles. The smallest absolute Gasteiger partial charge is 0.329 e. The maximum atomic E-state index is 11.0. The Hall–Kier alpha value is -2.70. The summed E-state index contributed by atoms with van der Waals surface area (Å²) in [5.74, 6) is 0.575. The molecule has 0 saturated heterocycles. The first-order valence-electron chi connectivity index (χ1n) is 6.58. The molecule has 0 unspecified atom stereocenters. The summed E-state index contributed by atoms with van der Waals surface area (Å²) in [7, 11) is 1.66. The lowest BCUT2D eigenvalue weighted by atomic mass is 10.1. The molecule has 7 heteroatoms. The summed E-state index contributed by atoms with van der Waals surface area (Å²) in [6.07, 6.45) is 1.96. The van der Waals surface area contributed by atoms with Crippen molar-refractivity contribution >= 4 is 17.5 Å². The van der Waals surface area contributed by atoms with E-state index in [0.717, 1.165) is 6.42 Å². The highest BCUT2D eigenvalue weighted by atomic mass is 16.6. The highest BCUT2D eigenvalue weighted by Crippen LogP contribution is 2.21. The van der Waals surface area contributed by atoms with Crippen LogP contribution in [0, 0.1) is 17.0 Å². The zero-order chi connectivity index (χ0) is 15.2. The summed E-state index contributed by atoms with van der Waals surface area (Å²) in [6, 6.07) is 8.15. The molecule has 0 radical (unpaired) electrons. The van der Waals surface area contributed by atoms with Gasteiger partial charge in [-0.25, -0.2) is 4.98 Å². The standard InChI is InChI=1S/C14H17N5O2/c1-10-4-3-5-11(8-10)6-7-16-13-12(19(20)21)9-17-14(15-2)18-13/h3-5,8-9H,6-7H2,1-2H3,(H2,15,16,17,18). The van der Waals surface area contributed by atoms with Crippen LogP contribution >= 0.6 is 0 Å². The summed E-state index contributed by atoms with van der Waals surface area (Å²) in [6.45, 7) is 2.59. The van der Waals surface area contributed by atoms with Crippen LogP contribution in [0.2, 0.25) is 0 Å². The van der Waals surface area contributed by atoms with Crippen LogP contribution in [0.15, 0.2) is 30.5 Å². The van der Waals surface area contributed by atoms with Crippen LogP contribution in [0.5, 0.6) is 0 Å². The summed E-state index contributed by atoms with van der Waals surface area (Å²) in [5.41, 5.74) is 2.24. The fraction of sp³-hybridized carbons (Fsp3) is 0.286. The third-order valence-electron chi connectivity index (χ3n) is 2.98. The first kappa shape index (κ1) is 14.7. The number of nitrogens with one attached hydrogen (secondary N) is 2. The molecule has 2 rings (SSSR count). The Balaban J connectivity index is 2.06. The molecule has 0 aliphatic rings. The lowest BCUT2D eigenvalue weighted by Crippen LogP contribution is -2.10. The lowest BCUT2D eigenvalue weighted by molar-refractivity contribution is -0.384. The minimum absolute atomic E-state index is 0.127. The van der Waals surface area contributed by atoms with Gasteiger partial charge in [-0.3, -0.25) is 10.1 Å². The molecule has 7 nitrogen and oxygen atoms in total. The van der Waals surface area contributed by atoms with E-state index in [4.69, 9.17) is 0 Å². The van der Waals surface area contributed by atoms with E-state index in [1.807, 2.05) is 25.1 Å². The Bertz CT molecular complexity index is 645. The van der Waals surface area contributed by atoms with E-state index in [1.54, 1.807) is 7.05 Å². The van der Waals surface area contributed by atoms with Gasteiger partial charge in [-0.05, 0) is 18.9 Å². The molecule has 0 aliphatic carbocycles. The molecular formula is C14H17N5O2. The van der Waals surface area contributed by atoms with Gasteiger partial charge in [-0.2, -0.15) is 4.98 Å². The van der Waals surface area contributed by atoms with Crippen molar-refractivity contribution in [1.82, 2.24) is 9.97 Å². The van der Waals surface area contributed by atoms with Gasteiger partial charge in [-0.1, -0.05) is 29.8 Å². The molecule has 0 spiro atoms. The summed E-state index contributed by atoms with van der Waals surface area (Å²) >= 11 is 0. The van der Waals surface area contributed by atoms with Crippen molar-refractivity contribution in [2.24, 2.45) is 0 Å². The van der Waals surface area contributed by atoms with Gasteiger partial charge in [0.05, 0.1) is 4.92 Å². The van der Waals surface area contributed by atoms with Crippen LogP contribution in [0.3, 0.4) is 0 Å². The molecule has 1 aromatic heterocycles. The Kier molecular flexibility index (Phi) is 4.65. The number of nitrogens with zero attached hydrogens (tertiary/aromatic N) is 3. The normalized spacial score (nSPS) is 10.2. The Morgan fingerprint density at radius 2 is 2.19 bits per heavy atom. The number of hydrogen-bond donors (Lipinski definition) is 2. The first-order chi connectivity index (χ1) is 10.1. The Morgan fingerprint density at radius 1 is 1.38 bits per heavy atom. The number of aromatic nitrogens is 2. The van der Waals surface area contributed by atoms with Gasteiger partial charge in [0.25, 0.3) is 0 Å². The average Bonchev–Trinajstić information content (AvgIpc) is 2.47. The first-order valence-corrected chi connectivity index (χ1v) is 6.58. The predicted octanol–water partition coefficient (Wildman–Crippen LogP) is 2.39. The molecule has 2 aromatic rings. The number of rotatable bonds is 6. The summed E-state index contributed by atoms with van der Waals surface area (Å²) in [5, 5.41) is 16.7. The quantitative estimate of drug-likeness (QED) is 0.626. The summed E-state index contributed by atoms with van der Waals surface area (Å²) < 4.78 is 0. The minimum Gasteiger partial charge on any atom is -0.364 e. The molecule has 110 valence electrons. The topological polar surface area (TPSA) is 93.0 Å². The maximum absolute atomic E-state index is 11.0. The second kappa shape index (κ2) is 6.65. The van der Waals surface area contributed by atoms with Gasteiger partial charge in [0.2, 0.25) is 11.8 Å². The molecular weight excluding hydrogens is 270 g/mol. The van der Waals surface area contributed by atoms with Crippen LogP contribution in [0.25, 0.3) is 0 Å². The van der Waals surface area contributed by atoms with Crippen molar-refractivity contribution in [1.29, 1.82) is 0 Å². The zero-order valence-corrected chi connectivity index (χ0v) is 12.0. The van der Waals surface area contributed by atoms with Crippen LogP contribution in [0.1, 0.15) is 11.1 Å². The van der Waals surface area contributed by atoms with E-state index >= 15 is 0 Å². The highest BCUT2D eigenvalue weighted by molar-refractivity contribution is 5.56. The van der Waals surface area contributed by atoms with Gasteiger partial charge in [0, 0.05) is 13.6 Å². The van der Waals surface area contributed by atoms with Gasteiger partial charge < -0.3 is 10.6 Å². The average molecular weight is 287 g/mol. The van der Waals surface area contributed by atoms with E-state index in [0.29, 0.717) is 12.5 Å². The maximum Gasteiger partial charge on any atom is 0.329 e. The predicted molar refractivity (Wildman–Crippen MR) is 81.6 cm³/mol. The molecule has 1 aromatic carbocycles. The third kappa shape index (κ3) is 3.88. The van der Waals surface area contributed by atoms with Crippen molar-refractivity contribution in [3.05, 3.63) is 51.7 Å². The van der Waals surface area contributed by atoms with E-state index in [1.165, 1.54) is 17.3 Å². The molecule has 0 amide bonds. The van der Waals surface area contributed by atoms with Crippen molar-refractivity contribution in [2.45, 2.75) is 13.3 Å². The molecule has 1 heterocycles. The molecule has 0 fully saturated rings. The second-order valence-corrected chi connectivity index (χ2v) is 4.60. The van der Waals surface area contributed by atoms with Crippen LogP contribution in [0.4, 0.5) is 17.5 Å². The van der Waals surface area contributed by atoms with Crippen molar-refractivity contribution in [3.8, 4) is 0 Å². The van der Waals surface area contributed by atoms with Crippen LogP contribution in [-0.4, -0.2) is 28.5 Å². The molecule has 21 heavy (non-hydrogen) atoms. The zero-order valence-electron chi connectivity index (χ0n) is 12.0. The lowest BCUT2D eigenvalue weighted by Gasteiger charge is -2.08. The molecule has 0 aliphatic heterocycles. The van der Waals surface area contributed by atoms with Crippen LogP contribution < -0.4 is 10.6 Å². The monoisotopic (exact) mass is 287 g/mol. The fourth-order valence-corrected chi connectivity index (χ4v) is 1.95. The van der Waals surface area contributed by atoms with Gasteiger partial charge >= 0.3 is 5.69 Å². The number of benzene rings is 1. The number of anilines is 2. The minimum atomic E-state index is -0.492. The van der Waals surface area contributed by atoms with Gasteiger partial charge in [-0.15, -0.1) is 0 Å². The largest absolute Gasteiger partial charge is 0.364 e. The SMILES string of the molecule is CNc1ncc([N+](=O)[O-])c(NCCc2cccc(C)c2)n1. The molecule has 0 atom stereocenters. The van der Waals surface area contributed by atoms with Crippen molar-refractivity contribution in [3.63, 3.8) is 0 Å². The second-order valence-electron chi connectivity index (χ2n) is 4.60. The number of hydrogen-bond acceptors (Lipinski definition) is 6. The van der Waals surface area contributed by atoms with Crippen LogP contribution in [-0.2, 0) is 6.42 Å². The molecule has 2 N–H and O–H groups in total.